The topological polar surface area (TPSA) is 78.9 Å². The molecule has 2 heterocycles. The third kappa shape index (κ3) is 2.28. The third-order valence-corrected chi connectivity index (χ3v) is 3.31. The lowest BCUT2D eigenvalue weighted by atomic mass is 9.93. The van der Waals surface area contributed by atoms with E-state index in [0.717, 1.165) is 6.54 Å². The van der Waals surface area contributed by atoms with Crippen LogP contribution in [0.2, 0.25) is 0 Å². The zero-order chi connectivity index (χ0) is 12.6. The molecule has 1 amide bonds. The van der Waals surface area contributed by atoms with Crippen LogP contribution >= 0.6 is 0 Å². The number of hydrogen-bond donors (Lipinski definition) is 2. The summed E-state index contributed by atoms with van der Waals surface area (Å²) in [5.41, 5.74) is -0.927. The summed E-state index contributed by atoms with van der Waals surface area (Å²) in [5.74, 6) is -0.995. The van der Waals surface area contributed by atoms with Gasteiger partial charge in [-0.1, -0.05) is 0 Å². The van der Waals surface area contributed by atoms with Crippen molar-refractivity contribution in [3.05, 3.63) is 0 Å². The molecule has 2 aliphatic rings. The maximum atomic E-state index is 12.0. The smallest absolute Gasteiger partial charge is 0.310 e. The molecule has 0 radical (unpaired) electrons. The normalized spacial score (nSPS) is 29.3. The molecule has 6 heteroatoms. The average Bonchev–Trinajstić information content (AvgIpc) is 2.56. The van der Waals surface area contributed by atoms with E-state index in [-0.39, 0.29) is 18.5 Å². The number of morpholine rings is 1. The Kier molecular flexibility index (Phi) is 3.09. The molecule has 6 nitrogen and oxygen atoms in total. The summed E-state index contributed by atoms with van der Waals surface area (Å²) in [6.07, 6.45) is -0.437. The molecule has 0 spiro atoms. The van der Waals surface area contributed by atoms with Crippen molar-refractivity contribution in [2.45, 2.75) is 26.0 Å². The molecule has 2 N–H and O–H groups in total. The van der Waals surface area contributed by atoms with Gasteiger partial charge in [0.25, 0.3) is 5.91 Å². The highest BCUT2D eigenvalue weighted by atomic mass is 16.5. The lowest BCUT2D eigenvalue weighted by Gasteiger charge is -2.26. The first kappa shape index (κ1) is 12.3. The molecule has 17 heavy (non-hydrogen) atoms. The lowest BCUT2D eigenvalue weighted by Crippen LogP contribution is -2.48. The molecule has 96 valence electrons. The van der Waals surface area contributed by atoms with Gasteiger partial charge in [0.15, 0.2) is 6.10 Å². The van der Waals surface area contributed by atoms with E-state index in [2.05, 4.69) is 5.32 Å². The number of hydrogen-bond acceptors (Lipinski definition) is 4. The molecule has 2 aliphatic heterocycles. The monoisotopic (exact) mass is 242 g/mol. The minimum Gasteiger partial charge on any atom is -0.481 e. The number of carboxylic acid groups (broad SMARTS) is 1. The summed E-state index contributed by atoms with van der Waals surface area (Å²) in [6.45, 7) is 5.27. The van der Waals surface area contributed by atoms with E-state index in [0.29, 0.717) is 13.2 Å². The van der Waals surface area contributed by atoms with Gasteiger partial charge >= 0.3 is 5.97 Å². The molecular weight excluding hydrogens is 224 g/mol. The molecule has 0 saturated carbocycles. The molecule has 2 fully saturated rings. The van der Waals surface area contributed by atoms with Crippen molar-refractivity contribution in [3.63, 3.8) is 0 Å². The van der Waals surface area contributed by atoms with Crippen LogP contribution in [0.5, 0.6) is 0 Å². The fourth-order valence-electron chi connectivity index (χ4n) is 2.25. The van der Waals surface area contributed by atoms with E-state index in [4.69, 9.17) is 9.84 Å². The van der Waals surface area contributed by atoms with E-state index in [1.807, 2.05) is 0 Å². The molecule has 0 aliphatic carbocycles. The van der Waals surface area contributed by atoms with Crippen LogP contribution in [0.3, 0.4) is 0 Å². The van der Waals surface area contributed by atoms with Crippen LogP contribution in [-0.2, 0) is 14.3 Å². The predicted molar refractivity (Wildman–Crippen MR) is 59.5 cm³/mol. The first-order chi connectivity index (χ1) is 7.92. The van der Waals surface area contributed by atoms with Crippen LogP contribution in [0.1, 0.15) is 13.8 Å². The Bertz CT molecular complexity index is 342. The Balaban J connectivity index is 2.04. The molecule has 0 aromatic rings. The zero-order valence-electron chi connectivity index (χ0n) is 10.1. The zero-order valence-corrected chi connectivity index (χ0v) is 10.1. The van der Waals surface area contributed by atoms with Crippen molar-refractivity contribution in [2.75, 3.05) is 26.2 Å². The number of carboxylic acids is 1. The largest absolute Gasteiger partial charge is 0.481 e. The molecule has 0 unspecified atom stereocenters. The Morgan fingerprint density at radius 2 is 2.35 bits per heavy atom. The van der Waals surface area contributed by atoms with Crippen molar-refractivity contribution in [1.29, 1.82) is 0 Å². The SMILES string of the molecule is CC(C)(CN1C[C@H]2NCCO[C@H]2C1=O)C(=O)O. The number of fused-ring (bicyclic) bond motifs is 1. The average molecular weight is 242 g/mol. The fraction of sp³-hybridized carbons (Fsp3) is 0.818. The van der Waals surface area contributed by atoms with Crippen LogP contribution in [0.15, 0.2) is 0 Å². The summed E-state index contributed by atoms with van der Waals surface area (Å²) >= 11 is 0. The van der Waals surface area contributed by atoms with Gasteiger partial charge < -0.3 is 20.1 Å². The first-order valence-corrected chi connectivity index (χ1v) is 5.79. The second-order valence-corrected chi connectivity index (χ2v) is 5.26. The Morgan fingerprint density at radius 1 is 1.65 bits per heavy atom. The fourth-order valence-corrected chi connectivity index (χ4v) is 2.25. The van der Waals surface area contributed by atoms with E-state index >= 15 is 0 Å². The van der Waals surface area contributed by atoms with E-state index < -0.39 is 17.5 Å². The number of ether oxygens (including phenoxy) is 1. The van der Waals surface area contributed by atoms with Crippen LogP contribution in [0.25, 0.3) is 0 Å². The van der Waals surface area contributed by atoms with Crippen LogP contribution < -0.4 is 5.32 Å². The van der Waals surface area contributed by atoms with Gasteiger partial charge in [0.2, 0.25) is 0 Å². The summed E-state index contributed by atoms with van der Waals surface area (Å²) < 4.78 is 5.42. The van der Waals surface area contributed by atoms with Crippen molar-refractivity contribution in [3.8, 4) is 0 Å². The quantitative estimate of drug-likeness (QED) is 0.684. The van der Waals surface area contributed by atoms with Crippen LogP contribution in [0, 0.1) is 5.41 Å². The number of amides is 1. The predicted octanol–water partition coefficient (Wildman–Crippen LogP) is -0.704. The summed E-state index contributed by atoms with van der Waals surface area (Å²) in [7, 11) is 0. The van der Waals surface area contributed by atoms with Crippen molar-refractivity contribution in [2.24, 2.45) is 5.41 Å². The van der Waals surface area contributed by atoms with Gasteiger partial charge in [-0.3, -0.25) is 9.59 Å². The number of likely N-dealkylation sites (tertiary alicyclic amines) is 1. The van der Waals surface area contributed by atoms with E-state index in [1.54, 1.807) is 18.7 Å². The number of nitrogens with one attached hydrogen (secondary N) is 1. The van der Waals surface area contributed by atoms with Gasteiger partial charge in [0.05, 0.1) is 18.1 Å². The standard InChI is InChI=1S/C11H18N2O4/c1-11(2,10(15)16)6-13-5-7-8(9(13)14)17-4-3-12-7/h7-8,12H,3-6H2,1-2H3,(H,15,16)/t7-,8-/m1/s1. The Hall–Kier alpha value is -1.14. The molecular formula is C11H18N2O4. The van der Waals surface area contributed by atoms with Crippen LogP contribution in [0.4, 0.5) is 0 Å². The van der Waals surface area contributed by atoms with Gasteiger partial charge in [0, 0.05) is 19.6 Å². The summed E-state index contributed by atoms with van der Waals surface area (Å²) in [6, 6.07) is 0.000782. The minimum absolute atomic E-state index is 0.000782. The summed E-state index contributed by atoms with van der Waals surface area (Å²) in [5, 5.41) is 12.3. The molecule has 0 aromatic heterocycles. The van der Waals surface area contributed by atoms with E-state index in [9.17, 15) is 9.59 Å². The maximum absolute atomic E-state index is 12.0. The number of rotatable bonds is 3. The highest BCUT2D eigenvalue weighted by Crippen LogP contribution is 2.24. The number of carbonyl (C=O) groups excluding carboxylic acids is 1. The van der Waals surface area contributed by atoms with Gasteiger partial charge in [-0.05, 0) is 13.8 Å². The molecule has 2 rings (SSSR count). The van der Waals surface area contributed by atoms with Crippen molar-refractivity contribution < 1.29 is 19.4 Å². The van der Waals surface area contributed by atoms with E-state index in [1.165, 1.54) is 0 Å². The van der Waals surface area contributed by atoms with Crippen molar-refractivity contribution >= 4 is 11.9 Å². The van der Waals surface area contributed by atoms with Gasteiger partial charge in [-0.25, -0.2) is 0 Å². The number of carbonyl (C=O) groups is 2. The molecule has 2 saturated heterocycles. The Labute approximate surface area is 99.9 Å². The van der Waals surface area contributed by atoms with Gasteiger partial charge in [-0.2, -0.15) is 0 Å². The lowest BCUT2D eigenvalue weighted by molar-refractivity contribution is -0.150. The Morgan fingerprint density at radius 3 is 2.94 bits per heavy atom. The van der Waals surface area contributed by atoms with Gasteiger partial charge in [0.1, 0.15) is 0 Å². The second kappa shape index (κ2) is 4.27. The van der Waals surface area contributed by atoms with Crippen molar-refractivity contribution in [1.82, 2.24) is 10.2 Å². The minimum atomic E-state index is -0.927. The van der Waals surface area contributed by atoms with Gasteiger partial charge in [-0.15, -0.1) is 0 Å². The molecule has 0 bridgehead atoms. The second-order valence-electron chi connectivity index (χ2n) is 5.26. The highest BCUT2D eigenvalue weighted by Gasteiger charge is 2.45. The summed E-state index contributed by atoms with van der Waals surface area (Å²) in [4.78, 5) is 24.6. The first-order valence-electron chi connectivity index (χ1n) is 5.79. The highest BCUT2D eigenvalue weighted by molar-refractivity contribution is 5.85. The molecule has 0 aromatic carbocycles. The van der Waals surface area contributed by atoms with Crippen LogP contribution in [-0.4, -0.2) is 60.3 Å². The molecule has 2 atom stereocenters. The third-order valence-electron chi connectivity index (χ3n) is 3.31. The number of aliphatic carboxylic acids is 1. The maximum Gasteiger partial charge on any atom is 0.310 e. The number of nitrogens with zero attached hydrogens (tertiary/aromatic N) is 1.